The number of amides is 2. The molecule has 5 nitrogen and oxygen atoms in total. The van der Waals surface area contributed by atoms with Crippen molar-refractivity contribution in [1.82, 2.24) is 4.90 Å². The summed E-state index contributed by atoms with van der Waals surface area (Å²) in [6.07, 6.45) is 2.93. The Hall–Kier alpha value is -2.21. The van der Waals surface area contributed by atoms with Crippen molar-refractivity contribution in [1.29, 1.82) is 0 Å². The fourth-order valence-corrected chi connectivity index (χ4v) is 3.80. The van der Waals surface area contributed by atoms with Crippen molar-refractivity contribution in [3.05, 3.63) is 54.0 Å². The Labute approximate surface area is 145 Å². The lowest BCUT2D eigenvalue weighted by Crippen LogP contribution is -2.41. The molecule has 1 fully saturated rings. The number of furan rings is 1. The molecule has 3 rings (SSSR count). The number of benzene rings is 1. The van der Waals surface area contributed by atoms with E-state index in [9.17, 15) is 9.59 Å². The number of nitrogens with two attached hydrogens (primary N) is 1. The fourth-order valence-electron chi connectivity index (χ4n) is 2.85. The van der Waals surface area contributed by atoms with Gasteiger partial charge in [0.2, 0.25) is 5.91 Å². The van der Waals surface area contributed by atoms with E-state index in [0.29, 0.717) is 37.2 Å². The standard InChI is InChI=1S/C18H20N2O3S/c19-17(21)13-7-9-20(10-8-13)18(22)15-5-1-2-6-16(15)24-12-14-4-3-11-23-14/h1-6,11,13H,7-10,12H2,(H2,19,21). The second-order valence-corrected chi connectivity index (χ2v) is 6.85. The Morgan fingerprint density at radius 3 is 2.58 bits per heavy atom. The number of carbonyl (C=O) groups excluding carboxylic acids is 2. The maximum Gasteiger partial charge on any atom is 0.254 e. The molecular formula is C18H20N2O3S. The maximum absolute atomic E-state index is 12.8. The minimum atomic E-state index is -0.267. The molecule has 0 bridgehead atoms. The molecule has 1 aliphatic rings. The van der Waals surface area contributed by atoms with Gasteiger partial charge in [0.15, 0.2) is 0 Å². The van der Waals surface area contributed by atoms with Gasteiger partial charge in [-0.25, -0.2) is 0 Å². The SMILES string of the molecule is NC(=O)C1CCN(C(=O)c2ccccc2SCc2ccco2)CC1. The molecule has 6 heteroatoms. The van der Waals surface area contributed by atoms with Crippen LogP contribution in [0.4, 0.5) is 0 Å². The van der Waals surface area contributed by atoms with Crippen molar-refractivity contribution >= 4 is 23.6 Å². The molecule has 1 saturated heterocycles. The summed E-state index contributed by atoms with van der Waals surface area (Å²) in [5.74, 6) is 1.19. The van der Waals surface area contributed by atoms with E-state index in [4.69, 9.17) is 10.2 Å². The highest BCUT2D eigenvalue weighted by Crippen LogP contribution is 2.28. The summed E-state index contributed by atoms with van der Waals surface area (Å²) in [5.41, 5.74) is 6.06. The lowest BCUT2D eigenvalue weighted by atomic mass is 9.96. The molecular weight excluding hydrogens is 324 g/mol. The van der Waals surface area contributed by atoms with E-state index in [1.165, 1.54) is 0 Å². The zero-order valence-electron chi connectivity index (χ0n) is 13.3. The number of thioether (sulfide) groups is 1. The van der Waals surface area contributed by atoms with Crippen LogP contribution in [0.15, 0.2) is 52.0 Å². The van der Waals surface area contributed by atoms with Crippen molar-refractivity contribution in [3.8, 4) is 0 Å². The maximum atomic E-state index is 12.8. The fraction of sp³-hybridized carbons (Fsp3) is 0.333. The van der Waals surface area contributed by atoms with Crippen molar-refractivity contribution in [2.45, 2.75) is 23.5 Å². The number of likely N-dealkylation sites (tertiary alicyclic amines) is 1. The predicted molar refractivity (Wildman–Crippen MR) is 92.5 cm³/mol. The van der Waals surface area contributed by atoms with Gasteiger partial charge in [-0.3, -0.25) is 9.59 Å². The van der Waals surface area contributed by atoms with E-state index < -0.39 is 0 Å². The van der Waals surface area contributed by atoms with Crippen molar-refractivity contribution in [2.24, 2.45) is 11.7 Å². The van der Waals surface area contributed by atoms with Crippen LogP contribution in [0.5, 0.6) is 0 Å². The summed E-state index contributed by atoms with van der Waals surface area (Å²) < 4.78 is 5.35. The molecule has 0 unspecified atom stereocenters. The Morgan fingerprint density at radius 2 is 1.92 bits per heavy atom. The third-order valence-corrected chi connectivity index (χ3v) is 5.35. The number of carbonyl (C=O) groups is 2. The highest BCUT2D eigenvalue weighted by Gasteiger charge is 2.27. The van der Waals surface area contributed by atoms with Gasteiger partial charge in [0.25, 0.3) is 5.91 Å². The van der Waals surface area contributed by atoms with Crippen molar-refractivity contribution in [3.63, 3.8) is 0 Å². The van der Waals surface area contributed by atoms with Gasteiger partial charge in [0, 0.05) is 23.9 Å². The number of hydrogen-bond acceptors (Lipinski definition) is 4. The molecule has 2 aromatic rings. The molecule has 0 atom stereocenters. The average molecular weight is 344 g/mol. The number of piperidine rings is 1. The first-order valence-electron chi connectivity index (χ1n) is 7.98. The van der Waals surface area contributed by atoms with Crippen LogP contribution in [0.3, 0.4) is 0 Å². The van der Waals surface area contributed by atoms with Crippen LogP contribution in [-0.4, -0.2) is 29.8 Å². The Balaban J connectivity index is 1.67. The first kappa shape index (κ1) is 16.6. The molecule has 2 N–H and O–H groups in total. The van der Waals surface area contributed by atoms with Crippen LogP contribution >= 0.6 is 11.8 Å². The summed E-state index contributed by atoms with van der Waals surface area (Å²) in [4.78, 5) is 26.8. The van der Waals surface area contributed by atoms with E-state index in [2.05, 4.69) is 0 Å². The smallest absolute Gasteiger partial charge is 0.254 e. The summed E-state index contributed by atoms with van der Waals surface area (Å²) in [6, 6.07) is 11.4. The zero-order chi connectivity index (χ0) is 16.9. The molecule has 126 valence electrons. The van der Waals surface area contributed by atoms with E-state index in [-0.39, 0.29) is 17.7 Å². The summed E-state index contributed by atoms with van der Waals surface area (Å²) in [7, 11) is 0. The molecule has 0 spiro atoms. The Bertz CT molecular complexity index is 707. The van der Waals surface area contributed by atoms with E-state index in [0.717, 1.165) is 10.7 Å². The molecule has 2 amide bonds. The van der Waals surface area contributed by atoms with Crippen LogP contribution < -0.4 is 5.73 Å². The number of rotatable bonds is 5. The van der Waals surface area contributed by atoms with Crippen LogP contribution in [0.2, 0.25) is 0 Å². The van der Waals surface area contributed by atoms with Crippen LogP contribution in [0.25, 0.3) is 0 Å². The molecule has 0 radical (unpaired) electrons. The average Bonchev–Trinajstić information content (AvgIpc) is 3.13. The van der Waals surface area contributed by atoms with Crippen molar-refractivity contribution in [2.75, 3.05) is 13.1 Å². The lowest BCUT2D eigenvalue weighted by Gasteiger charge is -2.31. The molecule has 24 heavy (non-hydrogen) atoms. The van der Waals surface area contributed by atoms with Gasteiger partial charge in [0.1, 0.15) is 5.76 Å². The van der Waals surface area contributed by atoms with Crippen LogP contribution in [-0.2, 0) is 10.5 Å². The first-order chi connectivity index (χ1) is 11.6. The van der Waals surface area contributed by atoms with E-state index >= 15 is 0 Å². The van der Waals surface area contributed by atoms with Crippen molar-refractivity contribution < 1.29 is 14.0 Å². The van der Waals surface area contributed by atoms with Gasteiger partial charge in [-0.2, -0.15) is 0 Å². The van der Waals surface area contributed by atoms with Gasteiger partial charge >= 0.3 is 0 Å². The highest BCUT2D eigenvalue weighted by molar-refractivity contribution is 7.98. The van der Waals surface area contributed by atoms with Gasteiger partial charge in [0.05, 0.1) is 17.6 Å². The summed E-state index contributed by atoms with van der Waals surface area (Å²) in [5, 5.41) is 0. The highest BCUT2D eigenvalue weighted by atomic mass is 32.2. The number of primary amides is 1. The minimum absolute atomic E-state index is 0.0143. The van der Waals surface area contributed by atoms with Gasteiger partial charge in [-0.05, 0) is 37.1 Å². The van der Waals surface area contributed by atoms with Gasteiger partial charge < -0.3 is 15.1 Å². The molecule has 1 aromatic heterocycles. The molecule has 1 aliphatic heterocycles. The van der Waals surface area contributed by atoms with Gasteiger partial charge in [-0.1, -0.05) is 12.1 Å². The molecule has 0 aliphatic carbocycles. The Kier molecular flexibility index (Phi) is 5.25. The monoisotopic (exact) mass is 344 g/mol. The topological polar surface area (TPSA) is 76.5 Å². The normalized spacial score (nSPS) is 15.4. The third kappa shape index (κ3) is 3.82. The largest absolute Gasteiger partial charge is 0.468 e. The lowest BCUT2D eigenvalue weighted by molar-refractivity contribution is -0.123. The second kappa shape index (κ2) is 7.57. The van der Waals surface area contributed by atoms with Crippen LogP contribution in [0, 0.1) is 5.92 Å². The summed E-state index contributed by atoms with van der Waals surface area (Å²) in [6.45, 7) is 1.15. The number of nitrogens with zero attached hydrogens (tertiary/aromatic N) is 1. The second-order valence-electron chi connectivity index (χ2n) is 5.83. The predicted octanol–water partition coefficient (Wildman–Crippen LogP) is 2.91. The zero-order valence-corrected chi connectivity index (χ0v) is 14.1. The summed E-state index contributed by atoms with van der Waals surface area (Å²) >= 11 is 1.59. The molecule has 2 heterocycles. The molecule has 1 aromatic carbocycles. The van der Waals surface area contributed by atoms with Crippen LogP contribution in [0.1, 0.15) is 29.0 Å². The Morgan fingerprint density at radius 1 is 1.17 bits per heavy atom. The minimum Gasteiger partial charge on any atom is -0.468 e. The third-order valence-electron chi connectivity index (χ3n) is 4.25. The van der Waals surface area contributed by atoms with E-state index in [1.54, 1.807) is 18.0 Å². The quantitative estimate of drug-likeness (QED) is 0.846. The first-order valence-corrected chi connectivity index (χ1v) is 8.96. The number of hydrogen-bond donors (Lipinski definition) is 1. The van der Waals surface area contributed by atoms with Gasteiger partial charge in [-0.15, -0.1) is 11.8 Å². The molecule has 0 saturated carbocycles. The van der Waals surface area contributed by atoms with E-state index in [1.807, 2.05) is 41.3 Å².